The Hall–Kier alpha value is -1.59. The summed E-state index contributed by atoms with van der Waals surface area (Å²) in [5.74, 6) is 0.881. The average Bonchev–Trinajstić information content (AvgIpc) is 3.28. The van der Waals surface area contributed by atoms with Gasteiger partial charge in [0.15, 0.2) is 6.10 Å². The summed E-state index contributed by atoms with van der Waals surface area (Å²) < 4.78 is 16.9. The zero-order valence-corrected chi connectivity index (χ0v) is 43.9. The Balaban J connectivity index is 4.29. The third kappa shape index (κ3) is 49.8. The third-order valence-corrected chi connectivity index (χ3v) is 13.6. The molecule has 0 saturated carbocycles. The lowest BCUT2D eigenvalue weighted by Crippen LogP contribution is -2.30. The smallest absolute Gasteiger partial charge is 0.306 e. The molecular formula is C58H112O6. The molecule has 0 N–H and O–H groups in total. The SMILES string of the molecule is CCCCCCCCCCCCCCCCC(=O)OC[C@H](COC(=O)CCCCCCCCCCCCCCCCC(C)CC)OC(=O)CCCCCCCCCCCCCC(C)C. The predicted molar refractivity (Wildman–Crippen MR) is 275 cm³/mol. The van der Waals surface area contributed by atoms with Gasteiger partial charge in [-0.1, -0.05) is 285 Å². The Morgan fingerprint density at radius 3 is 0.891 bits per heavy atom. The quantitative estimate of drug-likeness (QED) is 0.0344. The molecule has 0 bridgehead atoms. The molecule has 0 fully saturated rings. The van der Waals surface area contributed by atoms with E-state index in [-0.39, 0.29) is 31.1 Å². The highest BCUT2D eigenvalue weighted by atomic mass is 16.6. The molecule has 0 aliphatic heterocycles. The van der Waals surface area contributed by atoms with E-state index < -0.39 is 6.10 Å². The number of hydrogen-bond acceptors (Lipinski definition) is 6. The fourth-order valence-electron chi connectivity index (χ4n) is 8.84. The van der Waals surface area contributed by atoms with E-state index in [2.05, 4.69) is 34.6 Å². The standard InChI is InChI=1S/C58H112O6/c1-6-8-9-10-11-12-13-14-18-23-28-33-38-43-48-56(59)62-51-55(64-58(61)50-45-40-35-30-25-20-21-26-31-36-41-46-53(3)4)52-63-57(60)49-44-39-34-29-24-19-16-15-17-22-27-32-37-42-47-54(5)7-2/h53-55H,6-52H2,1-5H3/t54?,55-/m1/s1. The van der Waals surface area contributed by atoms with Crippen LogP contribution in [0.5, 0.6) is 0 Å². The number of rotatable bonds is 52. The van der Waals surface area contributed by atoms with E-state index in [9.17, 15) is 14.4 Å². The average molecular weight is 906 g/mol. The van der Waals surface area contributed by atoms with Crippen molar-refractivity contribution in [3.8, 4) is 0 Å². The Labute approximate surface area is 399 Å². The molecular weight excluding hydrogens is 793 g/mol. The molecule has 1 unspecified atom stereocenters. The van der Waals surface area contributed by atoms with Gasteiger partial charge in [0, 0.05) is 19.3 Å². The molecule has 0 aliphatic rings. The van der Waals surface area contributed by atoms with Crippen molar-refractivity contribution in [3.05, 3.63) is 0 Å². The number of hydrogen-bond donors (Lipinski definition) is 0. The molecule has 0 aromatic rings. The number of carbonyl (C=O) groups is 3. The lowest BCUT2D eigenvalue weighted by molar-refractivity contribution is -0.167. The fourth-order valence-corrected chi connectivity index (χ4v) is 8.84. The highest BCUT2D eigenvalue weighted by Gasteiger charge is 2.19. The molecule has 380 valence electrons. The van der Waals surface area contributed by atoms with Crippen molar-refractivity contribution in [2.24, 2.45) is 11.8 Å². The molecule has 6 heteroatoms. The highest BCUT2D eigenvalue weighted by molar-refractivity contribution is 5.71. The van der Waals surface area contributed by atoms with E-state index in [0.717, 1.165) is 69.6 Å². The van der Waals surface area contributed by atoms with Crippen LogP contribution in [-0.4, -0.2) is 37.2 Å². The first-order chi connectivity index (χ1) is 31.3. The van der Waals surface area contributed by atoms with Gasteiger partial charge in [0.25, 0.3) is 0 Å². The van der Waals surface area contributed by atoms with Crippen LogP contribution in [0.15, 0.2) is 0 Å². The monoisotopic (exact) mass is 905 g/mol. The molecule has 0 rings (SSSR count). The molecule has 0 saturated heterocycles. The first-order valence-corrected chi connectivity index (χ1v) is 28.8. The Bertz CT molecular complexity index is 980. The van der Waals surface area contributed by atoms with Crippen LogP contribution in [0.1, 0.15) is 324 Å². The first kappa shape index (κ1) is 62.4. The topological polar surface area (TPSA) is 78.9 Å². The molecule has 0 heterocycles. The maximum atomic E-state index is 12.8. The van der Waals surface area contributed by atoms with E-state index in [1.54, 1.807) is 0 Å². The minimum absolute atomic E-state index is 0.0628. The molecule has 0 aromatic carbocycles. The van der Waals surface area contributed by atoms with Gasteiger partial charge in [0.05, 0.1) is 0 Å². The lowest BCUT2D eigenvalue weighted by atomic mass is 9.99. The summed E-state index contributed by atoms with van der Waals surface area (Å²) in [6, 6.07) is 0. The maximum absolute atomic E-state index is 12.8. The minimum atomic E-state index is -0.762. The summed E-state index contributed by atoms with van der Waals surface area (Å²) >= 11 is 0. The van der Waals surface area contributed by atoms with Crippen LogP contribution in [0.4, 0.5) is 0 Å². The van der Waals surface area contributed by atoms with Gasteiger partial charge < -0.3 is 14.2 Å². The molecule has 64 heavy (non-hydrogen) atoms. The van der Waals surface area contributed by atoms with Crippen LogP contribution in [0.2, 0.25) is 0 Å². The minimum Gasteiger partial charge on any atom is -0.462 e. The van der Waals surface area contributed by atoms with Crippen LogP contribution in [0, 0.1) is 11.8 Å². The van der Waals surface area contributed by atoms with Gasteiger partial charge >= 0.3 is 17.9 Å². The largest absolute Gasteiger partial charge is 0.462 e. The van der Waals surface area contributed by atoms with Gasteiger partial charge in [0.2, 0.25) is 0 Å². The maximum Gasteiger partial charge on any atom is 0.306 e. The molecule has 0 spiro atoms. The van der Waals surface area contributed by atoms with Gasteiger partial charge in [-0.25, -0.2) is 0 Å². The molecule has 2 atom stereocenters. The van der Waals surface area contributed by atoms with Crippen molar-refractivity contribution in [2.45, 2.75) is 330 Å². The summed E-state index contributed by atoms with van der Waals surface area (Å²) in [5.41, 5.74) is 0. The van der Waals surface area contributed by atoms with E-state index >= 15 is 0 Å². The summed E-state index contributed by atoms with van der Waals surface area (Å²) in [5, 5.41) is 0. The normalized spacial score (nSPS) is 12.5. The number of ether oxygens (including phenoxy) is 3. The second-order valence-electron chi connectivity index (χ2n) is 20.6. The number of unbranched alkanes of at least 4 members (excludes halogenated alkanes) is 36. The van der Waals surface area contributed by atoms with Crippen molar-refractivity contribution in [1.29, 1.82) is 0 Å². The van der Waals surface area contributed by atoms with Gasteiger partial charge in [-0.15, -0.1) is 0 Å². The Kier molecular flexibility index (Phi) is 49.6. The second-order valence-corrected chi connectivity index (χ2v) is 20.6. The third-order valence-electron chi connectivity index (χ3n) is 13.6. The summed E-state index contributed by atoms with van der Waals surface area (Å²) in [7, 11) is 0. The second kappa shape index (κ2) is 50.8. The van der Waals surface area contributed by atoms with Crippen molar-refractivity contribution in [1.82, 2.24) is 0 Å². The molecule has 0 aromatic heterocycles. The van der Waals surface area contributed by atoms with Crippen molar-refractivity contribution < 1.29 is 28.6 Å². The zero-order valence-electron chi connectivity index (χ0n) is 43.9. The highest BCUT2D eigenvalue weighted by Crippen LogP contribution is 2.18. The van der Waals surface area contributed by atoms with Crippen LogP contribution < -0.4 is 0 Å². The van der Waals surface area contributed by atoms with E-state index in [0.29, 0.717) is 19.3 Å². The molecule has 0 aliphatic carbocycles. The van der Waals surface area contributed by atoms with Crippen LogP contribution >= 0.6 is 0 Å². The predicted octanol–water partition coefficient (Wildman–Crippen LogP) is 18.9. The van der Waals surface area contributed by atoms with Gasteiger partial charge in [-0.3, -0.25) is 14.4 Å². The lowest BCUT2D eigenvalue weighted by Gasteiger charge is -2.18. The van der Waals surface area contributed by atoms with E-state index in [1.807, 2.05) is 0 Å². The Morgan fingerprint density at radius 1 is 0.328 bits per heavy atom. The van der Waals surface area contributed by atoms with Gasteiger partial charge in [0.1, 0.15) is 13.2 Å². The molecule has 6 nitrogen and oxygen atoms in total. The van der Waals surface area contributed by atoms with Crippen molar-refractivity contribution >= 4 is 17.9 Å². The van der Waals surface area contributed by atoms with Crippen molar-refractivity contribution in [2.75, 3.05) is 13.2 Å². The fraction of sp³-hybridized carbons (Fsp3) is 0.948. The van der Waals surface area contributed by atoms with Crippen molar-refractivity contribution in [3.63, 3.8) is 0 Å². The van der Waals surface area contributed by atoms with Gasteiger partial charge in [-0.2, -0.15) is 0 Å². The van der Waals surface area contributed by atoms with E-state index in [4.69, 9.17) is 14.2 Å². The number of esters is 3. The molecule has 0 amide bonds. The van der Waals surface area contributed by atoms with Crippen LogP contribution in [-0.2, 0) is 28.6 Å². The Morgan fingerprint density at radius 2 is 0.594 bits per heavy atom. The summed E-state index contributed by atoms with van der Waals surface area (Å²) in [6.45, 7) is 11.4. The first-order valence-electron chi connectivity index (χ1n) is 28.8. The van der Waals surface area contributed by atoms with E-state index in [1.165, 1.54) is 212 Å². The number of carbonyl (C=O) groups excluding carboxylic acids is 3. The zero-order chi connectivity index (χ0) is 46.8. The van der Waals surface area contributed by atoms with Crippen LogP contribution in [0.25, 0.3) is 0 Å². The van der Waals surface area contributed by atoms with Crippen LogP contribution in [0.3, 0.4) is 0 Å². The summed E-state index contributed by atoms with van der Waals surface area (Å²) in [6.07, 6.45) is 53.7. The van der Waals surface area contributed by atoms with Gasteiger partial charge in [-0.05, 0) is 31.1 Å². The molecule has 0 radical (unpaired) electrons. The summed E-state index contributed by atoms with van der Waals surface area (Å²) in [4.78, 5) is 38.1.